The first-order valence-corrected chi connectivity index (χ1v) is 7.92. The van der Waals surface area contributed by atoms with Crippen molar-refractivity contribution in [3.63, 3.8) is 0 Å². The maximum absolute atomic E-state index is 12.2. The molecular weight excluding hydrogens is 288 g/mol. The minimum atomic E-state index is -0.410. The lowest BCUT2D eigenvalue weighted by Crippen LogP contribution is -2.20. The van der Waals surface area contributed by atoms with Gasteiger partial charge in [-0.3, -0.25) is 4.79 Å². The first kappa shape index (κ1) is 16.7. The molecule has 0 aliphatic carbocycles. The SMILES string of the molecule is CCCCC/C(=N/NC(=O)c1ccccc1O)c1ccccc1. The lowest BCUT2D eigenvalue weighted by atomic mass is 10.0. The van der Waals surface area contributed by atoms with Gasteiger partial charge in [-0.2, -0.15) is 5.10 Å². The van der Waals surface area contributed by atoms with Gasteiger partial charge in [0, 0.05) is 0 Å². The van der Waals surface area contributed by atoms with Crippen molar-refractivity contribution < 1.29 is 9.90 Å². The molecular formula is C19H22N2O2. The van der Waals surface area contributed by atoms with E-state index in [9.17, 15) is 9.90 Å². The van der Waals surface area contributed by atoms with E-state index in [0.29, 0.717) is 0 Å². The summed E-state index contributed by atoms with van der Waals surface area (Å²) in [5.74, 6) is -0.459. The highest BCUT2D eigenvalue weighted by molar-refractivity contribution is 6.02. The van der Waals surface area contributed by atoms with Gasteiger partial charge in [0.2, 0.25) is 0 Å². The van der Waals surface area contributed by atoms with Gasteiger partial charge in [-0.1, -0.05) is 62.2 Å². The van der Waals surface area contributed by atoms with Gasteiger partial charge in [0.25, 0.3) is 5.91 Å². The Morgan fingerprint density at radius 2 is 1.74 bits per heavy atom. The highest BCUT2D eigenvalue weighted by Gasteiger charge is 2.10. The molecule has 1 amide bonds. The molecule has 2 rings (SSSR count). The Labute approximate surface area is 136 Å². The predicted octanol–water partition coefficient (Wildman–Crippen LogP) is 4.11. The number of unbranched alkanes of at least 4 members (excludes halogenated alkanes) is 2. The van der Waals surface area contributed by atoms with Crippen molar-refractivity contribution in [3.05, 3.63) is 65.7 Å². The number of hydrogen-bond donors (Lipinski definition) is 2. The minimum Gasteiger partial charge on any atom is -0.507 e. The second-order valence-corrected chi connectivity index (χ2v) is 5.34. The predicted molar refractivity (Wildman–Crippen MR) is 92.7 cm³/mol. The van der Waals surface area contributed by atoms with Gasteiger partial charge in [0.05, 0.1) is 11.3 Å². The molecule has 0 aliphatic heterocycles. The van der Waals surface area contributed by atoms with Crippen molar-refractivity contribution in [1.82, 2.24) is 5.43 Å². The molecule has 0 atom stereocenters. The molecule has 0 saturated carbocycles. The Morgan fingerprint density at radius 3 is 2.43 bits per heavy atom. The third-order valence-corrected chi connectivity index (χ3v) is 3.57. The molecule has 0 spiro atoms. The number of aromatic hydroxyl groups is 1. The summed E-state index contributed by atoms with van der Waals surface area (Å²) in [4.78, 5) is 12.2. The Balaban J connectivity index is 2.13. The van der Waals surface area contributed by atoms with Crippen molar-refractivity contribution in [2.24, 2.45) is 5.10 Å². The van der Waals surface area contributed by atoms with E-state index in [4.69, 9.17) is 0 Å². The van der Waals surface area contributed by atoms with E-state index in [1.165, 1.54) is 6.07 Å². The number of phenolic OH excluding ortho intramolecular Hbond substituents is 1. The fourth-order valence-electron chi connectivity index (χ4n) is 2.28. The fraction of sp³-hybridized carbons (Fsp3) is 0.263. The molecule has 0 unspecified atom stereocenters. The molecule has 0 fully saturated rings. The van der Waals surface area contributed by atoms with E-state index in [2.05, 4.69) is 17.5 Å². The Hall–Kier alpha value is -2.62. The molecule has 120 valence electrons. The lowest BCUT2D eigenvalue weighted by molar-refractivity contribution is 0.0952. The summed E-state index contributed by atoms with van der Waals surface area (Å²) in [6, 6.07) is 16.3. The average Bonchev–Trinajstić information content (AvgIpc) is 2.59. The van der Waals surface area contributed by atoms with Crippen LogP contribution in [-0.2, 0) is 0 Å². The molecule has 2 N–H and O–H groups in total. The van der Waals surface area contributed by atoms with Crippen molar-refractivity contribution >= 4 is 11.6 Å². The van der Waals surface area contributed by atoms with Gasteiger partial charge in [0.15, 0.2) is 0 Å². The van der Waals surface area contributed by atoms with Crippen LogP contribution in [0, 0.1) is 0 Å². The number of amides is 1. The summed E-state index contributed by atoms with van der Waals surface area (Å²) in [5, 5.41) is 14.0. The second-order valence-electron chi connectivity index (χ2n) is 5.34. The highest BCUT2D eigenvalue weighted by Crippen LogP contribution is 2.15. The van der Waals surface area contributed by atoms with Crippen molar-refractivity contribution in [2.75, 3.05) is 0 Å². The van der Waals surface area contributed by atoms with Crippen molar-refractivity contribution in [1.29, 1.82) is 0 Å². The first-order valence-electron chi connectivity index (χ1n) is 7.92. The van der Waals surface area contributed by atoms with Crippen LogP contribution in [0.5, 0.6) is 5.75 Å². The molecule has 0 saturated heterocycles. The molecule has 2 aromatic carbocycles. The zero-order valence-corrected chi connectivity index (χ0v) is 13.3. The number of hydrogen-bond acceptors (Lipinski definition) is 3. The van der Waals surface area contributed by atoms with Crippen LogP contribution in [0.4, 0.5) is 0 Å². The minimum absolute atomic E-state index is 0.0487. The molecule has 0 heterocycles. The maximum Gasteiger partial charge on any atom is 0.275 e. The highest BCUT2D eigenvalue weighted by atomic mass is 16.3. The van der Waals surface area contributed by atoms with Crippen LogP contribution >= 0.6 is 0 Å². The zero-order valence-electron chi connectivity index (χ0n) is 13.3. The molecule has 23 heavy (non-hydrogen) atoms. The summed E-state index contributed by atoms with van der Waals surface area (Å²) in [5.41, 5.74) is 4.62. The smallest absolute Gasteiger partial charge is 0.275 e. The van der Waals surface area contributed by atoms with Gasteiger partial charge < -0.3 is 5.11 Å². The quantitative estimate of drug-likeness (QED) is 0.459. The van der Waals surface area contributed by atoms with Crippen LogP contribution in [0.25, 0.3) is 0 Å². The third-order valence-electron chi connectivity index (χ3n) is 3.57. The zero-order chi connectivity index (χ0) is 16.5. The molecule has 2 aromatic rings. The second kappa shape index (κ2) is 8.73. The first-order chi connectivity index (χ1) is 11.2. The van der Waals surface area contributed by atoms with Crippen LogP contribution in [0.1, 0.15) is 48.5 Å². The number of benzene rings is 2. The Morgan fingerprint density at radius 1 is 1.04 bits per heavy atom. The van der Waals surface area contributed by atoms with E-state index >= 15 is 0 Å². The van der Waals surface area contributed by atoms with Gasteiger partial charge in [-0.15, -0.1) is 0 Å². The number of para-hydroxylation sites is 1. The van der Waals surface area contributed by atoms with E-state index in [1.807, 2.05) is 30.3 Å². The van der Waals surface area contributed by atoms with Gasteiger partial charge in [-0.05, 0) is 30.5 Å². The fourth-order valence-corrected chi connectivity index (χ4v) is 2.28. The lowest BCUT2D eigenvalue weighted by Gasteiger charge is -2.08. The van der Waals surface area contributed by atoms with Crippen LogP contribution < -0.4 is 5.43 Å². The molecule has 0 bridgehead atoms. The topological polar surface area (TPSA) is 61.7 Å². The van der Waals surface area contributed by atoms with Gasteiger partial charge in [-0.25, -0.2) is 5.43 Å². The van der Waals surface area contributed by atoms with Gasteiger partial charge >= 0.3 is 0 Å². The molecule has 4 heteroatoms. The normalized spacial score (nSPS) is 11.3. The average molecular weight is 310 g/mol. The molecule has 0 aliphatic rings. The summed E-state index contributed by atoms with van der Waals surface area (Å²) in [7, 11) is 0. The molecule has 0 aromatic heterocycles. The van der Waals surface area contributed by atoms with Crippen molar-refractivity contribution in [3.8, 4) is 5.75 Å². The monoisotopic (exact) mass is 310 g/mol. The third kappa shape index (κ3) is 4.95. The number of hydrazone groups is 1. The van der Waals surface area contributed by atoms with E-state index < -0.39 is 5.91 Å². The number of carbonyl (C=O) groups is 1. The van der Waals surface area contributed by atoms with Crippen LogP contribution in [0.2, 0.25) is 0 Å². The van der Waals surface area contributed by atoms with E-state index in [-0.39, 0.29) is 11.3 Å². The van der Waals surface area contributed by atoms with E-state index in [0.717, 1.165) is 37.0 Å². The molecule has 4 nitrogen and oxygen atoms in total. The Kier molecular flexibility index (Phi) is 6.36. The summed E-state index contributed by atoms with van der Waals surface area (Å²) < 4.78 is 0. The number of rotatable bonds is 7. The molecule has 0 radical (unpaired) electrons. The van der Waals surface area contributed by atoms with Crippen LogP contribution in [-0.4, -0.2) is 16.7 Å². The Bertz CT molecular complexity index is 666. The largest absolute Gasteiger partial charge is 0.507 e. The number of phenols is 1. The van der Waals surface area contributed by atoms with Gasteiger partial charge in [0.1, 0.15) is 5.75 Å². The maximum atomic E-state index is 12.2. The number of nitrogens with zero attached hydrogens (tertiary/aromatic N) is 1. The summed E-state index contributed by atoms with van der Waals surface area (Å²) >= 11 is 0. The number of nitrogens with one attached hydrogen (secondary N) is 1. The van der Waals surface area contributed by atoms with E-state index in [1.54, 1.807) is 18.2 Å². The number of carbonyl (C=O) groups excluding carboxylic acids is 1. The summed E-state index contributed by atoms with van der Waals surface area (Å²) in [6.07, 6.45) is 4.08. The van der Waals surface area contributed by atoms with Crippen LogP contribution in [0.15, 0.2) is 59.7 Å². The van der Waals surface area contributed by atoms with Crippen molar-refractivity contribution in [2.45, 2.75) is 32.6 Å². The summed E-state index contributed by atoms with van der Waals surface area (Å²) in [6.45, 7) is 2.15. The standard InChI is InChI=1S/C19H22N2O2/c1-2-3-5-13-17(15-10-6-4-7-11-15)20-21-19(23)16-12-8-9-14-18(16)22/h4,6-12,14,22H,2-3,5,13H2,1H3,(H,21,23)/b20-17-. The van der Waals surface area contributed by atoms with Crippen LogP contribution in [0.3, 0.4) is 0 Å².